The maximum Gasteiger partial charge on any atom is 0.411 e. The van der Waals surface area contributed by atoms with E-state index in [4.69, 9.17) is 4.74 Å². The number of benzene rings is 1. The van der Waals surface area contributed by atoms with Crippen LogP contribution in [0.1, 0.15) is 47.3 Å². The first-order valence-corrected chi connectivity index (χ1v) is 10.5. The Labute approximate surface area is 190 Å². The van der Waals surface area contributed by atoms with Crippen molar-refractivity contribution in [3.63, 3.8) is 0 Å². The number of aromatic amines is 1. The lowest BCUT2D eigenvalue weighted by Gasteiger charge is -2.32. The van der Waals surface area contributed by atoms with Crippen molar-refractivity contribution in [1.82, 2.24) is 25.4 Å². The van der Waals surface area contributed by atoms with Crippen LogP contribution in [0, 0.1) is 5.82 Å². The van der Waals surface area contributed by atoms with Gasteiger partial charge in [-0.05, 0) is 45.2 Å². The quantitative estimate of drug-likeness (QED) is 0.529. The van der Waals surface area contributed by atoms with E-state index < -0.39 is 29.5 Å². The molecule has 0 spiro atoms. The number of nitrogens with zero attached hydrogens (tertiary/aromatic N) is 3. The SMILES string of the molecule is CNC[C@@H](OC(=O)N1Cc2c(NC(=O)c3ccccc3F)n[nH]c2C1(C)C)c1ccccn1. The molecule has 172 valence electrons. The summed E-state index contributed by atoms with van der Waals surface area (Å²) in [7, 11) is 1.77. The van der Waals surface area contributed by atoms with Crippen LogP contribution in [0.25, 0.3) is 0 Å². The van der Waals surface area contributed by atoms with Gasteiger partial charge in [-0.2, -0.15) is 5.10 Å². The molecule has 0 bridgehead atoms. The second-order valence-corrected chi connectivity index (χ2v) is 8.19. The Bertz CT molecular complexity index is 1160. The highest BCUT2D eigenvalue weighted by atomic mass is 19.1. The molecule has 3 N–H and O–H groups in total. The van der Waals surface area contributed by atoms with E-state index in [0.29, 0.717) is 23.5 Å². The van der Waals surface area contributed by atoms with Gasteiger partial charge in [0.2, 0.25) is 0 Å². The van der Waals surface area contributed by atoms with Crippen molar-refractivity contribution in [2.45, 2.75) is 32.0 Å². The van der Waals surface area contributed by atoms with Crippen LogP contribution in [0.5, 0.6) is 0 Å². The van der Waals surface area contributed by atoms with Gasteiger partial charge in [0.15, 0.2) is 11.9 Å². The number of hydrogen-bond acceptors (Lipinski definition) is 6. The molecule has 1 aliphatic rings. The molecule has 1 aliphatic heterocycles. The first-order chi connectivity index (χ1) is 15.8. The highest BCUT2D eigenvalue weighted by Crippen LogP contribution is 2.41. The molecule has 0 aliphatic carbocycles. The summed E-state index contributed by atoms with van der Waals surface area (Å²) in [4.78, 5) is 31.6. The van der Waals surface area contributed by atoms with Crippen molar-refractivity contribution in [1.29, 1.82) is 0 Å². The van der Waals surface area contributed by atoms with Gasteiger partial charge in [0.25, 0.3) is 5.91 Å². The highest BCUT2D eigenvalue weighted by molar-refractivity contribution is 6.04. The van der Waals surface area contributed by atoms with Crippen molar-refractivity contribution >= 4 is 17.8 Å². The van der Waals surface area contributed by atoms with Gasteiger partial charge < -0.3 is 15.4 Å². The summed E-state index contributed by atoms with van der Waals surface area (Å²) in [6, 6.07) is 11.1. The van der Waals surface area contributed by atoms with E-state index in [0.717, 1.165) is 0 Å². The number of aromatic nitrogens is 3. The van der Waals surface area contributed by atoms with E-state index in [9.17, 15) is 14.0 Å². The number of carbonyl (C=O) groups excluding carboxylic acids is 2. The molecule has 1 atom stereocenters. The van der Waals surface area contributed by atoms with Gasteiger partial charge in [-0.1, -0.05) is 18.2 Å². The number of H-pyrrole nitrogens is 1. The fourth-order valence-corrected chi connectivity index (χ4v) is 3.88. The molecule has 3 heterocycles. The second-order valence-electron chi connectivity index (χ2n) is 8.19. The van der Waals surface area contributed by atoms with Crippen molar-refractivity contribution < 1.29 is 18.7 Å². The Hall–Kier alpha value is -3.79. The number of ether oxygens (including phenoxy) is 1. The van der Waals surface area contributed by atoms with Gasteiger partial charge in [0, 0.05) is 18.3 Å². The van der Waals surface area contributed by atoms with Gasteiger partial charge in [0.1, 0.15) is 5.82 Å². The zero-order chi connectivity index (χ0) is 23.6. The van der Waals surface area contributed by atoms with Crippen LogP contribution in [0.3, 0.4) is 0 Å². The minimum absolute atomic E-state index is 0.0898. The summed E-state index contributed by atoms with van der Waals surface area (Å²) < 4.78 is 19.8. The number of hydrogen-bond donors (Lipinski definition) is 3. The van der Waals surface area contributed by atoms with Crippen molar-refractivity contribution in [2.75, 3.05) is 18.9 Å². The zero-order valence-corrected chi connectivity index (χ0v) is 18.6. The van der Waals surface area contributed by atoms with Gasteiger partial charge in [0.05, 0.1) is 29.0 Å². The molecule has 1 aromatic carbocycles. The molecule has 0 saturated carbocycles. The van der Waals surface area contributed by atoms with Crippen molar-refractivity contribution in [3.8, 4) is 0 Å². The molecule has 0 unspecified atom stereocenters. The number of halogens is 1. The topological polar surface area (TPSA) is 112 Å². The van der Waals surface area contributed by atoms with Crippen LogP contribution in [0.4, 0.5) is 15.0 Å². The standard InChI is InChI=1S/C23H25FN6O3/c1-23(2)19-15(20(29-28-19)27-21(31)14-8-4-5-9-16(14)24)13-30(23)22(32)33-18(12-25-3)17-10-6-7-11-26-17/h4-11,18,25H,12-13H2,1-3H3,(H2,27,28,29,31)/t18-/m1/s1. The number of anilines is 1. The van der Waals surface area contributed by atoms with Crippen LogP contribution >= 0.6 is 0 Å². The average molecular weight is 452 g/mol. The van der Waals surface area contributed by atoms with Gasteiger partial charge in [-0.15, -0.1) is 0 Å². The van der Waals surface area contributed by atoms with E-state index in [1.54, 1.807) is 36.3 Å². The third kappa shape index (κ3) is 4.29. The number of rotatable bonds is 6. The van der Waals surface area contributed by atoms with Gasteiger partial charge >= 0.3 is 6.09 Å². The van der Waals surface area contributed by atoms with Crippen molar-refractivity contribution in [2.24, 2.45) is 0 Å². The number of fused-ring (bicyclic) bond motifs is 1. The summed E-state index contributed by atoms with van der Waals surface area (Å²) in [5.74, 6) is -0.999. The second kappa shape index (κ2) is 8.99. The van der Waals surface area contributed by atoms with Gasteiger partial charge in [-0.25, -0.2) is 9.18 Å². The molecular weight excluding hydrogens is 427 g/mol. The highest BCUT2D eigenvalue weighted by Gasteiger charge is 2.45. The van der Waals surface area contributed by atoms with E-state index in [2.05, 4.69) is 25.8 Å². The molecule has 9 nitrogen and oxygen atoms in total. The normalized spacial score (nSPS) is 15.1. The zero-order valence-electron chi connectivity index (χ0n) is 18.6. The molecule has 0 radical (unpaired) electrons. The van der Waals surface area contributed by atoms with E-state index >= 15 is 0 Å². The number of carbonyl (C=O) groups is 2. The van der Waals surface area contributed by atoms with E-state index in [-0.39, 0.29) is 17.9 Å². The number of likely N-dealkylation sites (N-methyl/N-ethyl adjacent to an activating group) is 1. The summed E-state index contributed by atoms with van der Waals surface area (Å²) in [6.07, 6.45) is 0.547. The predicted octanol–water partition coefficient (Wildman–Crippen LogP) is 3.34. The molecule has 0 saturated heterocycles. The number of nitrogens with one attached hydrogen (secondary N) is 3. The third-order valence-electron chi connectivity index (χ3n) is 5.69. The lowest BCUT2D eigenvalue weighted by molar-refractivity contribution is 0.0336. The molecule has 0 fully saturated rings. The van der Waals surface area contributed by atoms with Crippen LogP contribution in [0.2, 0.25) is 0 Å². The Morgan fingerprint density at radius 3 is 2.70 bits per heavy atom. The molecule has 33 heavy (non-hydrogen) atoms. The minimum atomic E-state index is -0.769. The van der Waals surface area contributed by atoms with Crippen LogP contribution < -0.4 is 10.6 Å². The lowest BCUT2D eigenvalue weighted by Crippen LogP contribution is -2.42. The number of amides is 2. The Morgan fingerprint density at radius 1 is 1.24 bits per heavy atom. The van der Waals surface area contributed by atoms with E-state index in [1.807, 2.05) is 19.9 Å². The first kappa shape index (κ1) is 22.4. The van der Waals surface area contributed by atoms with Crippen molar-refractivity contribution in [3.05, 3.63) is 77.0 Å². The van der Waals surface area contributed by atoms with Crippen LogP contribution in [-0.4, -0.2) is 45.7 Å². The maximum atomic E-state index is 14.0. The summed E-state index contributed by atoms with van der Waals surface area (Å²) >= 11 is 0. The van der Waals surface area contributed by atoms with E-state index in [1.165, 1.54) is 18.2 Å². The molecule has 4 rings (SSSR count). The Balaban J connectivity index is 1.53. The minimum Gasteiger partial charge on any atom is -0.438 e. The molecule has 2 aromatic heterocycles. The van der Waals surface area contributed by atoms with Crippen LogP contribution in [0.15, 0.2) is 48.7 Å². The fourth-order valence-electron chi connectivity index (χ4n) is 3.88. The summed E-state index contributed by atoms with van der Waals surface area (Å²) in [5, 5.41) is 12.8. The summed E-state index contributed by atoms with van der Waals surface area (Å²) in [5.41, 5.74) is 1.09. The average Bonchev–Trinajstić information content (AvgIpc) is 3.32. The predicted molar refractivity (Wildman–Crippen MR) is 119 cm³/mol. The van der Waals surface area contributed by atoms with Crippen LogP contribution in [-0.2, 0) is 16.8 Å². The van der Waals surface area contributed by atoms with Gasteiger partial charge in [-0.3, -0.25) is 19.8 Å². The third-order valence-corrected chi connectivity index (χ3v) is 5.69. The summed E-state index contributed by atoms with van der Waals surface area (Å²) in [6.45, 7) is 4.27. The Morgan fingerprint density at radius 2 is 2.00 bits per heavy atom. The lowest BCUT2D eigenvalue weighted by atomic mass is 10.0. The first-order valence-electron chi connectivity index (χ1n) is 10.5. The molecule has 2 amide bonds. The number of pyridine rings is 1. The monoisotopic (exact) mass is 452 g/mol. The molecular formula is C23H25FN6O3. The molecule has 3 aromatic rings. The maximum absolute atomic E-state index is 14.0. The Kier molecular flexibility index (Phi) is 6.10. The smallest absolute Gasteiger partial charge is 0.411 e. The largest absolute Gasteiger partial charge is 0.438 e. The fraction of sp³-hybridized carbons (Fsp3) is 0.304. The molecule has 10 heteroatoms.